The Bertz CT molecular complexity index is 1290. The smallest absolute Gasteiger partial charge is 0.332 e. The van der Waals surface area contributed by atoms with Gasteiger partial charge in [0, 0.05) is 18.7 Å². The Hall–Kier alpha value is -2.91. The Morgan fingerprint density at radius 2 is 1.97 bits per heavy atom. The molecule has 0 fully saturated rings. The van der Waals surface area contributed by atoms with Gasteiger partial charge in [0.25, 0.3) is 5.56 Å². The summed E-state index contributed by atoms with van der Waals surface area (Å²) in [5, 5.41) is 6.86. The van der Waals surface area contributed by atoms with Crippen LogP contribution >= 0.6 is 11.6 Å². The molecule has 4 rings (SSSR count). The van der Waals surface area contributed by atoms with Crippen LogP contribution in [0.5, 0.6) is 0 Å². The molecule has 3 heterocycles. The van der Waals surface area contributed by atoms with Crippen LogP contribution in [0.1, 0.15) is 32.4 Å². The van der Waals surface area contributed by atoms with Gasteiger partial charge in [-0.05, 0) is 32.4 Å². The topological polar surface area (TPSA) is 86.7 Å². The van der Waals surface area contributed by atoms with Crippen LogP contribution in [0.3, 0.4) is 0 Å². The van der Waals surface area contributed by atoms with E-state index in [1.165, 1.54) is 9.13 Å². The lowest BCUT2D eigenvalue weighted by atomic mass is 10.2. The van der Waals surface area contributed by atoms with Crippen molar-refractivity contribution in [1.29, 1.82) is 0 Å². The van der Waals surface area contributed by atoms with Gasteiger partial charge in [0.05, 0.1) is 31.4 Å². The van der Waals surface area contributed by atoms with E-state index < -0.39 is 11.2 Å². The molecule has 0 saturated carbocycles. The Labute approximate surface area is 184 Å². The van der Waals surface area contributed by atoms with Crippen LogP contribution in [0.4, 0.5) is 5.95 Å². The maximum atomic E-state index is 13.5. The third kappa shape index (κ3) is 3.57. The number of fused-ring (bicyclic) bond motifs is 3. The molecule has 31 heavy (non-hydrogen) atoms. The van der Waals surface area contributed by atoms with Gasteiger partial charge in [0.15, 0.2) is 11.2 Å². The predicted molar refractivity (Wildman–Crippen MR) is 121 cm³/mol. The van der Waals surface area contributed by atoms with Crippen LogP contribution in [0, 0.1) is 0 Å². The summed E-state index contributed by atoms with van der Waals surface area (Å²) in [7, 11) is 1.62. The zero-order valence-corrected chi connectivity index (χ0v) is 18.8. The molecule has 1 aliphatic heterocycles. The molecule has 164 valence electrons. The average Bonchev–Trinajstić information content (AvgIpc) is 3.16. The van der Waals surface area contributed by atoms with Crippen LogP contribution < -0.4 is 16.3 Å². The molecule has 0 N–H and O–H groups in total. The van der Waals surface area contributed by atoms with Crippen LogP contribution in [0.15, 0.2) is 39.0 Å². The number of ether oxygens (including phenoxy) is 1. The quantitative estimate of drug-likeness (QED) is 0.545. The van der Waals surface area contributed by atoms with Crippen molar-refractivity contribution in [3.8, 4) is 0 Å². The van der Waals surface area contributed by atoms with Gasteiger partial charge in [-0.1, -0.05) is 29.8 Å². The second-order valence-electron chi connectivity index (χ2n) is 7.52. The number of rotatable bonds is 6. The average molecular weight is 445 g/mol. The normalized spacial score (nSPS) is 16.0. The SMILES string of the molecule is CCOCCN1N=C(C)[C@@H](C)n2c1nc1c2c(=O)n(Cc2ccccc2Cl)c(=O)n1C. The summed E-state index contributed by atoms with van der Waals surface area (Å²) in [6.45, 7) is 7.45. The summed E-state index contributed by atoms with van der Waals surface area (Å²) >= 11 is 6.28. The fourth-order valence-electron chi connectivity index (χ4n) is 3.76. The minimum absolute atomic E-state index is 0.0805. The Balaban J connectivity index is 1.91. The van der Waals surface area contributed by atoms with Crippen molar-refractivity contribution in [2.24, 2.45) is 12.1 Å². The second-order valence-corrected chi connectivity index (χ2v) is 7.92. The van der Waals surface area contributed by atoms with Crippen LogP contribution in [0.25, 0.3) is 11.2 Å². The number of hydrogen-bond donors (Lipinski definition) is 0. The van der Waals surface area contributed by atoms with E-state index in [0.717, 1.165) is 5.71 Å². The number of anilines is 1. The minimum Gasteiger partial charge on any atom is -0.380 e. The monoisotopic (exact) mass is 444 g/mol. The molecule has 3 aromatic rings. The van der Waals surface area contributed by atoms with Gasteiger partial charge >= 0.3 is 5.69 Å². The zero-order valence-electron chi connectivity index (χ0n) is 18.0. The molecule has 2 aromatic heterocycles. The first-order chi connectivity index (χ1) is 14.8. The molecule has 1 aliphatic rings. The number of hydrogen-bond acceptors (Lipinski definition) is 6. The number of aromatic nitrogens is 4. The summed E-state index contributed by atoms with van der Waals surface area (Å²) in [6, 6.07) is 7.00. The highest BCUT2D eigenvalue weighted by atomic mass is 35.5. The van der Waals surface area contributed by atoms with Crippen molar-refractivity contribution in [3.05, 3.63) is 55.7 Å². The van der Waals surface area contributed by atoms with E-state index in [-0.39, 0.29) is 12.6 Å². The molecule has 10 heteroatoms. The Morgan fingerprint density at radius 1 is 1.23 bits per heavy atom. The van der Waals surface area contributed by atoms with Gasteiger partial charge in [-0.25, -0.2) is 9.80 Å². The Morgan fingerprint density at radius 3 is 2.68 bits per heavy atom. The molecular formula is C21H25ClN6O3. The largest absolute Gasteiger partial charge is 0.380 e. The second kappa shape index (κ2) is 8.32. The van der Waals surface area contributed by atoms with Gasteiger partial charge in [-0.15, -0.1) is 0 Å². The van der Waals surface area contributed by atoms with Crippen molar-refractivity contribution in [3.63, 3.8) is 0 Å². The highest BCUT2D eigenvalue weighted by Gasteiger charge is 2.30. The fourth-order valence-corrected chi connectivity index (χ4v) is 3.96. The first-order valence-electron chi connectivity index (χ1n) is 10.2. The number of imidazole rings is 1. The van der Waals surface area contributed by atoms with Gasteiger partial charge in [-0.3, -0.25) is 18.5 Å². The van der Waals surface area contributed by atoms with E-state index in [1.54, 1.807) is 24.2 Å². The van der Waals surface area contributed by atoms with Crippen molar-refractivity contribution in [1.82, 2.24) is 18.7 Å². The summed E-state index contributed by atoms with van der Waals surface area (Å²) in [5.41, 5.74) is 1.40. The molecule has 0 radical (unpaired) electrons. The number of nitrogens with zero attached hydrogens (tertiary/aromatic N) is 6. The third-order valence-electron chi connectivity index (χ3n) is 5.60. The lowest BCUT2D eigenvalue weighted by molar-refractivity contribution is 0.153. The van der Waals surface area contributed by atoms with Crippen molar-refractivity contribution in [2.75, 3.05) is 24.8 Å². The van der Waals surface area contributed by atoms with Gasteiger partial charge in [0.2, 0.25) is 5.95 Å². The van der Waals surface area contributed by atoms with E-state index in [2.05, 4.69) is 10.1 Å². The van der Waals surface area contributed by atoms with E-state index >= 15 is 0 Å². The molecule has 0 saturated heterocycles. The molecule has 9 nitrogen and oxygen atoms in total. The molecule has 0 spiro atoms. The first kappa shape index (κ1) is 21.3. The minimum atomic E-state index is -0.445. The standard InChI is InChI=1S/C21H25ClN6O3/c1-5-31-11-10-27-20-23-18-17(28(20)14(3)13(2)24-27)19(29)26(21(30)25(18)4)12-15-8-6-7-9-16(15)22/h6-9,14H,5,10-12H2,1-4H3/t14-/m1/s1. The first-order valence-corrected chi connectivity index (χ1v) is 10.6. The maximum Gasteiger partial charge on any atom is 0.332 e. The van der Waals surface area contributed by atoms with Gasteiger partial charge in [0.1, 0.15) is 0 Å². The van der Waals surface area contributed by atoms with Gasteiger partial charge < -0.3 is 4.74 Å². The molecule has 0 amide bonds. The fraction of sp³-hybridized carbons (Fsp3) is 0.429. The van der Waals surface area contributed by atoms with E-state index in [4.69, 9.17) is 16.3 Å². The highest BCUT2D eigenvalue weighted by molar-refractivity contribution is 6.31. The van der Waals surface area contributed by atoms with Gasteiger partial charge in [-0.2, -0.15) is 10.1 Å². The molecule has 1 aromatic carbocycles. The molecule has 0 aliphatic carbocycles. The summed E-state index contributed by atoms with van der Waals surface area (Å²) in [5.74, 6) is 0.524. The van der Waals surface area contributed by atoms with E-state index in [9.17, 15) is 9.59 Å². The zero-order chi connectivity index (χ0) is 22.3. The Kier molecular flexibility index (Phi) is 5.72. The maximum absolute atomic E-state index is 13.5. The van der Waals surface area contributed by atoms with Crippen molar-refractivity contribution >= 4 is 34.4 Å². The summed E-state index contributed by atoms with van der Waals surface area (Å²) in [6.07, 6.45) is 0. The third-order valence-corrected chi connectivity index (χ3v) is 5.97. The van der Waals surface area contributed by atoms with Crippen LogP contribution in [0.2, 0.25) is 5.02 Å². The predicted octanol–water partition coefficient (Wildman–Crippen LogP) is 2.39. The number of hydrazone groups is 1. The summed E-state index contributed by atoms with van der Waals surface area (Å²) in [4.78, 5) is 31.2. The highest BCUT2D eigenvalue weighted by Crippen LogP contribution is 2.29. The van der Waals surface area contributed by atoms with E-state index in [0.29, 0.717) is 47.5 Å². The lowest BCUT2D eigenvalue weighted by Crippen LogP contribution is -2.40. The molecule has 0 bridgehead atoms. The van der Waals surface area contributed by atoms with Crippen LogP contribution in [-0.2, 0) is 18.3 Å². The van der Waals surface area contributed by atoms with Crippen molar-refractivity contribution in [2.45, 2.75) is 33.4 Å². The lowest BCUT2D eigenvalue weighted by Gasteiger charge is -2.29. The number of halogens is 1. The summed E-state index contributed by atoms with van der Waals surface area (Å²) < 4.78 is 9.93. The van der Waals surface area contributed by atoms with Crippen LogP contribution in [-0.4, -0.2) is 44.2 Å². The molecular weight excluding hydrogens is 420 g/mol. The molecule has 0 unspecified atom stereocenters. The van der Waals surface area contributed by atoms with E-state index in [1.807, 2.05) is 37.5 Å². The van der Waals surface area contributed by atoms with Crippen molar-refractivity contribution < 1.29 is 4.74 Å². The molecule has 1 atom stereocenters. The number of aryl methyl sites for hydroxylation is 1. The number of benzene rings is 1.